The fraction of sp³-hybridized carbons (Fsp3) is 0.250. The standard InChI is InChI=1S/C12H10Cl4N2/c1-2-11-8(6-13)12(16)18(17-11)7-3-4-9(14)10(15)5-7/h3-5H,2,6H2,1H3. The van der Waals surface area contributed by atoms with E-state index in [2.05, 4.69) is 5.10 Å². The second-order valence-corrected chi connectivity index (χ2v) is 5.15. The van der Waals surface area contributed by atoms with Gasteiger partial charge in [-0.2, -0.15) is 5.10 Å². The van der Waals surface area contributed by atoms with E-state index in [-0.39, 0.29) is 0 Å². The van der Waals surface area contributed by atoms with Gasteiger partial charge in [-0.25, -0.2) is 4.68 Å². The van der Waals surface area contributed by atoms with Gasteiger partial charge in [0.1, 0.15) is 5.15 Å². The summed E-state index contributed by atoms with van der Waals surface area (Å²) in [5.74, 6) is 0.337. The van der Waals surface area contributed by atoms with Crippen molar-refractivity contribution < 1.29 is 0 Å². The first-order chi connectivity index (χ1) is 8.58. The van der Waals surface area contributed by atoms with E-state index in [1.807, 2.05) is 13.0 Å². The fourth-order valence-corrected chi connectivity index (χ4v) is 2.63. The highest BCUT2D eigenvalue weighted by Gasteiger charge is 2.15. The van der Waals surface area contributed by atoms with E-state index in [9.17, 15) is 0 Å². The van der Waals surface area contributed by atoms with E-state index in [0.717, 1.165) is 23.4 Å². The maximum atomic E-state index is 6.27. The van der Waals surface area contributed by atoms with Gasteiger partial charge in [-0.1, -0.05) is 41.7 Å². The molecule has 0 amide bonds. The van der Waals surface area contributed by atoms with Crippen LogP contribution in [0.5, 0.6) is 0 Å². The maximum absolute atomic E-state index is 6.27. The average Bonchev–Trinajstić information content (AvgIpc) is 2.69. The van der Waals surface area contributed by atoms with Crippen molar-refractivity contribution in [2.75, 3.05) is 0 Å². The van der Waals surface area contributed by atoms with E-state index < -0.39 is 0 Å². The van der Waals surface area contributed by atoms with Gasteiger partial charge in [0.05, 0.1) is 27.3 Å². The molecule has 1 aromatic carbocycles. The molecule has 2 nitrogen and oxygen atoms in total. The number of halogens is 4. The zero-order valence-electron chi connectivity index (χ0n) is 9.55. The fourth-order valence-electron chi connectivity index (χ4n) is 1.68. The van der Waals surface area contributed by atoms with Crippen LogP contribution in [0.4, 0.5) is 0 Å². The molecule has 0 aliphatic rings. The van der Waals surface area contributed by atoms with Gasteiger partial charge in [0.2, 0.25) is 0 Å². The molecule has 0 radical (unpaired) electrons. The summed E-state index contributed by atoms with van der Waals surface area (Å²) in [6, 6.07) is 5.24. The van der Waals surface area contributed by atoms with Crippen LogP contribution in [0.15, 0.2) is 18.2 Å². The number of alkyl halides is 1. The molecule has 6 heteroatoms. The van der Waals surface area contributed by atoms with Gasteiger partial charge in [0.15, 0.2) is 0 Å². The van der Waals surface area contributed by atoms with Gasteiger partial charge in [0, 0.05) is 5.56 Å². The summed E-state index contributed by atoms with van der Waals surface area (Å²) in [4.78, 5) is 0. The second kappa shape index (κ2) is 5.70. The van der Waals surface area contributed by atoms with Crippen LogP contribution >= 0.6 is 46.4 Å². The van der Waals surface area contributed by atoms with E-state index in [0.29, 0.717) is 21.1 Å². The normalized spacial score (nSPS) is 10.9. The average molecular weight is 324 g/mol. The monoisotopic (exact) mass is 322 g/mol. The first-order valence-corrected chi connectivity index (χ1v) is 7.03. The highest BCUT2D eigenvalue weighted by Crippen LogP contribution is 2.29. The summed E-state index contributed by atoms with van der Waals surface area (Å²) in [6.45, 7) is 2.01. The summed E-state index contributed by atoms with van der Waals surface area (Å²) in [5.41, 5.74) is 2.51. The van der Waals surface area contributed by atoms with Crippen molar-refractivity contribution in [3.8, 4) is 5.69 Å². The first kappa shape index (κ1) is 14.0. The maximum Gasteiger partial charge on any atom is 0.137 e. The summed E-state index contributed by atoms with van der Waals surface area (Å²) >= 11 is 24.0. The Kier molecular flexibility index (Phi) is 4.44. The number of nitrogens with zero attached hydrogens (tertiary/aromatic N) is 2. The Morgan fingerprint density at radius 1 is 1.17 bits per heavy atom. The SMILES string of the molecule is CCc1nn(-c2ccc(Cl)c(Cl)c2)c(Cl)c1CCl. The summed E-state index contributed by atoms with van der Waals surface area (Å²) in [5, 5.41) is 5.91. The van der Waals surface area contributed by atoms with E-state index in [1.54, 1.807) is 16.8 Å². The van der Waals surface area contributed by atoms with Gasteiger partial charge in [-0.3, -0.25) is 0 Å². The summed E-state index contributed by atoms with van der Waals surface area (Å²) in [7, 11) is 0. The van der Waals surface area contributed by atoms with Crippen LogP contribution in [0.25, 0.3) is 5.69 Å². The second-order valence-electron chi connectivity index (χ2n) is 3.71. The Balaban J connectivity index is 2.56. The van der Waals surface area contributed by atoms with Crippen molar-refractivity contribution in [1.29, 1.82) is 0 Å². The van der Waals surface area contributed by atoms with Crippen molar-refractivity contribution >= 4 is 46.4 Å². The number of hydrogen-bond acceptors (Lipinski definition) is 1. The van der Waals surface area contributed by atoms with E-state index >= 15 is 0 Å². The smallest absolute Gasteiger partial charge is 0.137 e. The number of aryl methyl sites for hydroxylation is 1. The molecular weight excluding hydrogens is 314 g/mol. The van der Waals surface area contributed by atoms with Crippen LogP contribution in [0.1, 0.15) is 18.2 Å². The third kappa shape index (κ3) is 2.48. The molecule has 1 aromatic heterocycles. The molecule has 0 N–H and O–H groups in total. The lowest BCUT2D eigenvalue weighted by Gasteiger charge is -2.04. The molecule has 0 bridgehead atoms. The van der Waals surface area contributed by atoms with Crippen LogP contribution in [0, 0.1) is 0 Å². The van der Waals surface area contributed by atoms with Gasteiger partial charge in [-0.05, 0) is 24.6 Å². The highest BCUT2D eigenvalue weighted by atomic mass is 35.5. The molecule has 0 saturated carbocycles. The van der Waals surface area contributed by atoms with Crippen LogP contribution < -0.4 is 0 Å². The molecule has 0 spiro atoms. The van der Waals surface area contributed by atoms with Crippen molar-refractivity contribution in [2.45, 2.75) is 19.2 Å². The van der Waals surface area contributed by atoms with Crippen LogP contribution in [0.2, 0.25) is 15.2 Å². The molecule has 2 aromatic rings. The number of aromatic nitrogens is 2. The zero-order chi connectivity index (χ0) is 13.3. The molecule has 1 heterocycles. The summed E-state index contributed by atoms with van der Waals surface area (Å²) < 4.78 is 1.63. The predicted octanol–water partition coefficient (Wildman–Crippen LogP) is 5.13. The molecule has 0 aliphatic carbocycles. The molecule has 0 saturated heterocycles. The van der Waals surface area contributed by atoms with Gasteiger partial charge in [0.25, 0.3) is 0 Å². The molecule has 0 aliphatic heterocycles. The lowest BCUT2D eigenvalue weighted by Crippen LogP contribution is -1.97. The number of rotatable bonds is 3. The van der Waals surface area contributed by atoms with Crippen LogP contribution in [0.3, 0.4) is 0 Å². The van der Waals surface area contributed by atoms with Gasteiger partial charge >= 0.3 is 0 Å². The number of hydrogen-bond donors (Lipinski definition) is 0. The molecule has 18 heavy (non-hydrogen) atoms. The van der Waals surface area contributed by atoms with Crippen molar-refractivity contribution in [1.82, 2.24) is 9.78 Å². The molecule has 0 fully saturated rings. The zero-order valence-corrected chi connectivity index (χ0v) is 12.6. The minimum absolute atomic E-state index is 0.337. The minimum atomic E-state index is 0.337. The molecule has 96 valence electrons. The van der Waals surface area contributed by atoms with Crippen LogP contribution in [-0.4, -0.2) is 9.78 Å². The Morgan fingerprint density at radius 3 is 2.39 bits per heavy atom. The largest absolute Gasteiger partial charge is 0.222 e. The summed E-state index contributed by atoms with van der Waals surface area (Å²) in [6.07, 6.45) is 0.774. The van der Waals surface area contributed by atoms with Crippen molar-refractivity contribution in [2.24, 2.45) is 0 Å². The third-order valence-corrected chi connectivity index (χ3v) is 4.01. The Hall–Kier alpha value is -0.410. The molecular formula is C12H10Cl4N2. The third-order valence-electron chi connectivity index (χ3n) is 2.62. The Labute approximate surface area is 125 Å². The van der Waals surface area contributed by atoms with Gasteiger partial charge < -0.3 is 0 Å². The van der Waals surface area contributed by atoms with Gasteiger partial charge in [-0.15, -0.1) is 11.6 Å². The Morgan fingerprint density at radius 2 is 1.89 bits per heavy atom. The van der Waals surface area contributed by atoms with E-state index in [4.69, 9.17) is 46.4 Å². The predicted molar refractivity (Wildman–Crippen MR) is 77.5 cm³/mol. The molecule has 0 atom stereocenters. The van der Waals surface area contributed by atoms with Crippen molar-refractivity contribution in [3.63, 3.8) is 0 Å². The minimum Gasteiger partial charge on any atom is -0.222 e. The van der Waals surface area contributed by atoms with E-state index in [1.165, 1.54) is 0 Å². The number of benzene rings is 1. The molecule has 0 unspecified atom stereocenters. The van der Waals surface area contributed by atoms with Crippen LogP contribution in [-0.2, 0) is 12.3 Å². The quantitative estimate of drug-likeness (QED) is 0.716. The Bertz CT molecular complexity index is 578. The first-order valence-electron chi connectivity index (χ1n) is 5.36. The molecule has 2 rings (SSSR count). The lowest BCUT2D eigenvalue weighted by atomic mass is 10.2. The van der Waals surface area contributed by atoms with Crippen molar-refractivity contribution in [3.05, 3.63) is 44.7 Å². The topological polar surface area (TPSA) is 17.8 Å². The highest BCUT2D eigenvalue weighted by molar-refractivity contribution is 6.42. The lowest BCUT2D eigenvalue weighted by molar-refractivity contribution is 0.841.